The second kappa shape index (κ2) is 8.99. The van der Waals surface area contributed by atoms with E-state index in [4.69, 9.17) is 16.3 Å². The standard InChI is InChI=1S/C20H19ClN2O3S/c1-26-12-6-11-22-19(24)13-7-2-4-9-15(13)23-20(25)18-17(21)14-8-3-5-10-16(14)27-18/h2-5,7-10H,6,11-12H2,1H3,(H,22,24)(H,23,25). The van der Waals surface area contributed by atoms with Gasteiger partial charge in [0, 0.05) is 30.3 Å². The average Bonchev–Trinajstić information content (AvgIpc) is 3.02. The smallest absolute Gasteiger partial charge is 0.267 e. The fourth-order valence-electron chi connectivity index (χ4n) is 2.64. The van der Waals surface area contributed by atoms with Gasteiger partial charge in [-0.05, 0) is 24.6 Å². The zero-order valence-electron chi connectivity index (χ0n) is 14.8. The van der Waals surface area contributed by atoms with Gasteiger partial charge in [-0.15, -0.1) is 11.3 Å². The minimum atomic E-state index is -0.333. The number of halogens is 1. The number of amides is 2. The number of anilines is 1. The number of ether oxygens (including phenoxy) is 1. The van der Waals surface area contributed by atoms with E-state index < -0.39 is 0 Å². The van der Waals surface area contributed by atoms with E-state index in [0.717, 1.165) is 10.1 Å². The molecule has 2 aromatic carbocycles. The molecular weight excluding hydrogens is 384 g/mol. The molecule has 0 bridgehead atoms. The summed E-state index contributed by atoms with van der Waals surface area (Å²) in [6.07, 6.45) is 0.716. The molecule has 1 aromatic heterocycles. The first-order chi connectivity index (χ1) is 13.1. The van der Waals surface area contributed by atoms with E-state index in [9.17, 15) is 9.59 Å². The Hall–Kier alpha value is -2.41. The number of para-hydroxylation sites is 1. The summed E-state index contributed by atoms with van der Waals surface area (Å²) in [5, 5.41) is 6.91. The molecule has 0 aliphatic carbocycles. The van der Waals surface area contributed by atoms with Crippen molar-refractivity contribution in [2.24, 2.45) is 0 Å². The van der Waals surface area contributed by atoms with Crippen LogP contribution in [0.15, 0.2) is 48.5 Å². The van der Waals surface area contributed by atoms with Crippen LogP contribution in [0.2, 0.25) is 5.02 Å². The molecule has 0 radical (unpaired) electrons. The molecule has 7 heteroatoms. The Balaban J connectivity index is 1.78. The number of fused-ring (bicyclic) bond motifs is 1. The van der Waals surface area contributed by atoms with Gasteiger partial charge in [0.1, 0.15) is 4.88 Å². The minimum Gasteiger partial charge on any atom is -0.385 e. The molecule has 0 fully saturated rings. The fourth-order valence-corrected chi connectivity index (χ4v) is 4.06. The Labute approximate surface area is 166 Å². The highest BCUT2D eigenvalue weighted by molar-refractivity contribution is 7.21. The van der Waals surface area contributed by atoms with Crippen LogP contribution >= 0.6 is 22.9 Å². The molecule has 0 saturated carbocycles. The molecular formula is C20H19ClN2O3S. The van der Waals surface area contributed by atoms with Crippen LogP contribution in [0.1, 0.15) is 26.5 Å². The van der Waals surface area contributed by atoms with E-state index in [1.54, 1.807) is 31.4 Å². The summed E-state index contributed by atoms with van der Waals surface area (Å²) in [7, 11) is 1.62. The number of hydrogen-bond donors (Lipinski definition) is 2. The van der Waals surface area contributed by atoms with Crippen LogP contribution in [0.5, 0.6) is 0 Å². The number of benzene rings is 2. The normalized spacial score (nSPS) is 10.7. The third-order valence-electron chi connectivity index (χ3n) is 3.97. The average molecular weight is 403 g/mol. The molecule has 0 saturated heterocycles. The zero-order valence-corrected chi connectivity index (χ0v) is 16.3. The van der Waals surface area contributed by atoms with Gasteiger partial charge < -0.3 is 15.4 Å². The molecule has 3 aromatic rings. The number of carbonyl (C=O) groups excluding carboxylic acids is 2. The summed E-state index contributed by atoms with van der Waals surface area (Å²) in [5.41, 5.74) is 0.848. The maximum absolute atomic E-state index is 12.7. The second-order valence-corrected chi connectivity index (χ2v) is 7.27. The number of carbonyl (C=O) groups is 2. The summed E-state index contributed by atoms with van der Waals surface area (Å²) < 4.78 is 5.91. The summed E-state index contributed by atoms with van der Waals surface area (Å²) in [6, 6.07) is 14.5. The number of nitrogens with one attached hydrogen (secondary N) is 2. The first kappa shape index (κ1) is 19.4. The van der Waals surface area contributed by atoms with E-state index in [1.807, 2.05) is 24.3 Å². The molecule has 2 amide bonds. The lowest BCUT2D eigenvalue weighted by Gasteiger charge is -2.11. The van der Waals surface area contributed by atoms with Crippen LogP contribution in [-0.2, 0) is 4.74 Å². The molecule has 0 atom stereocenters. The number of thiophene rings is 1. The van der Waals surface area contributed by atoms with Crippen molar-refractivity contribution in [1.29, 1.82) is 0 Å². The van der Waals surface area contributed by atoms with Crippen LogP contribution in [0.3, 0.4) is 0 Å². The summed E-state index contributed by atoms with van der Waals surface area (Å²) >= 11 is 7.70. The third-order valence-corrected chi connectivity index (χ3v) is 5.65. The molecule has 27 heavy (non-hydrogen) atoms. The SMILES string of the molecule is COCCCNC(=O)c1ccccc1NC(=O)c1sc2ccccc2c1Cl. The van der Waals surface area contributed by atoms with E-state index in [2.05, 4.69) is 10.6 Å². The lowest BCUT2D eigenvalue weighted by atomic mass is 10.1. The minimum absolute atomic E-state index is 0.246. The Morgan fingerprint density at radius 1 is 1.07 bits per heavy atom. The number of rotatable bonds is 7. The molecule has 2 N–H and O–H groups in total. The van der Waals surface area contributed by atoms with Crippen molar-refractivity contribution in [1.82, 2.24) is 5.32 Å². The largest absolute Gasteiger partial charge is 0.385 e. The van der Waals surface area contributed by atoms with Crippen molar-refractivity contribution in [3.8, 4) is 0 Å². The van der Waals surface area contributed by atoms with E-state index in [1.165, 1.54) is 11.3 Å². The Bertz CT molecular complexity index is 971. The number of hydrogen-bond acceptors (Lipinski definition) is 4. The van der Waals surface area contributed by atoms with Crippen LogP contribution in [0.25, 0.3) is 10.1 Å². The van der Waals surface area contributed by atoms with Gasteiger partial charge in [0.15, 0.2) is 0 Å². The van der Waals surface area contributed by atoms with Gasteiger partial charge in [0.2, 0.25) is 0 Å². The predicted molar refractivity (Wildman–Crippen MR) is 110 cm³/mol. The summed E-state index contributed by atoms with van der Waals surface area (Å²) in [4.78, 5) is 25.6. The topological polar surface area (TPSA) is 67.4 Å². The molecule has 1 heterocycles. The van der Waals surface area contributed by atoms with E-state index >= 15 is 0 Å². The van der Waals surface area contributed by atoms with Crippen molar-refractivity contribution >= 4 is 50.5 Å². The molecule has 0 aliphatic heterocycles. The molecule has 0 aliphatic rings. The first-order valence-electron chi connectivity index (χ1n) is 8.46. The van der Waals surface area contributed by atoms with Crippen molar-refractivity contribution in [2.45, 2.75) is 6.42 Å². The summed E-state index contributed by atoms with van der Waals surface area (Å²) in [5.74, 6) is -0.578. The monoisotopic (exact) mass is 402 g/mol. The highest BCUT2D eigenvalue weighted by Gasteiger charge is 2.19. The van der Waals surface area contributed by atoms with Crippen molar-refractivity contribution in [3.05, 3.63) is 64.0 Å². The van der Waals surface area contributed by atoms with Crippen LogP contribution < -0.4 is 10.6 Å². The van der Waals surface area contributed by atoms with Crippen LogP contribution in [0.4, 0.5) is 5.69 Å². The maximum Gasteiger partial charge on any atom is 0.267 e. The fraction of sp³-hybridized carbons (Fsp3) is 0.200. The Morgan fingerprint density at radius 2 is 1.81 bits per heavy atom. The van der Waals surface area contributed by atoms with Gasteiger partial charge >= 0.3 is 0 Å². The van der Waals surface area contributed by atoms with Gasteiger partial charge in [-0.25, -0.2) is 0 Å². The lowest BCUT2D eigenvalue weighted by Crippen LogP contribution is -2.26. The maximum atomic E-state index is 12.7. The zero-order chi connectivity index (χ0) is 19.2. The molecule has 0 spiro atoms. The van der Waals surface area contributed by atoms with Gasteiger partial charge in [-0.2, -0.15) is 0 Å². The van der Waals surface area contributed by atoms with Gasteiger partial charge in [0.05, 0.1) is 16.3 Å². The molecule has 140 valence electrons. The number of methoxy groups -OCH3 is 1. The highest BCUT2D eigenvalue weighted by atomic mass is 35.5. The molecule has 0 unspecified atom stereocenters. The van der Waals surface area contributed by atoms with Crippen molar-refractivity contribution in [2.75, 3.05) is 25.6 Å². The van der Waals surface area contributed by atoms with E-state index in [-0.39, 0.29) is 11.8 Å². The van der Waals surface area contributed by atoms with Crippen molar-refractivity contribution < 1.29 is 14.3 Å². The lowest BCUT2D eigenvalue weighted by molar-refractivity contribution is 0.0949. The van der Waals surface area contributed by atoms with E-state index in [0.29, 0.717) is 40.7 Å². The third kappa shape index (κ3) is 4.47. The Kier molecular flexibility index (Phi) is 6.45. The van der Waals surface area contributed by atoms with Gasteiger partial charge in [0.25, 0.3) is 11.8 Å². The second-order valence-electron chi connectivity index (χ2n) is 5.84. The predicted octanol–water partition coefficient (Wildman–Crippen LogP) is 4.57. The van der Waals surface area contributed by atoms with Gasteiger partial charge in [-0.1, -0.05) is 41.9 Å². The molecule has 3 rings (SSSR count). The molecule has 5 nitrogen and oxygen atoms in total. The highest BCUT2D eigenvalue weighted by Crippen LogP contribution is 2.35. The van der Waals surface area contributed by atoms with Crippen LogP contribution in [0, 0.1) is 0 Å². The quantitative estimate of drug-likeness (QED) is 0.568. The van der Waals surface area contributed by atoms with Crippen LogP contribution in [-0.4, -0.2) is 32.1 Å². The first-order valence-corrected chi connectivity index (χ1v) is 9.66. The Morgan fingerprint density at radius 3 is 2.59 bits per heavy atom. The van der Waals surface area contributed by atoms with Gasteiger partial charge in [-0.3, -0.25) is 9.59 Å². The van der Waals surface area contributed by atoms with Crippen molar-refractivity contribution in [3.63, 3.8) is 0 Å². The summed E-state index contributed by atoms with van der Waals surface area (Å²) in [6.45, 7) is 1.07.